The van der Waals surface area contributed by atoms with Crippen molar-refractivity contribution in [2.45, 2.75) is 104 Å². The second-order valence-electron chi connectivity index (χ2n) is 11.9. The summed E-state index contributed by atoms with van der Waals surface area (Å²) < 4.78 is 7.34. The molecule has 0 aliphatic rings. The number of nitrogens with one attached hydrogen (secondary N) is 3. The van der Waals surface area contributed by atoms with Crippen molar-refractivity contribution in [2.75, 3.05) is 25.4 Å². The number of oxime groups is 1. The topological polar surface area (TPSA) is 155 Å². The Hall–Kier alpha value is -2.86. The number of allylic oxidation sites excluding steroid dienone is 2. The van der Waals surface area contributed by atoms with Gasteiger partial charge in [-0.3, -0.25) is 9.59 Å². The summed E-state index contributed by atoms with van der Waals surface area (Å²) in [6, 6.07) is 3.64. The molecule has 0 unspecified atom stereocenters. The van der Waals surface area contributed by atoms with Crippen LogP contribution in [0.15, 0.2) is 44.6 Å². The van der Waals surface area contributed by atoms with E-state index in [4.69, 9.17) is 10.5 Å². The first-order valence-corrected chi connectivity index (χ1v) is 18.1. The first kappa shape index (κ1) is 39.3. The number of amides is 2. The molecular formula is C34H52Br2N6O4. The van der Waals surface area contributed by atoms with Crippen molar-refractivity contribution in [3.63, 3.8) is 0 Å². The summed E-state index contributed by atoms with van der Waals surface area (Å²) in [7, 11) is 0. The van der Waals surface area contributed by atoms with Gasteiger partial charge in [0.05, 0.1) is 21.7 Å². The Balaban J connectivity index is 1.55. The van der Waals surface area contributed by atoms with Crippen LogP contribution in [-0.2, 0) is 22.4 Å². The molecule has 0 radical (unpaired) electrons. The molecule has 0 saturated carbocycles. The van der Waals surface area contributed by atoms with Gasteiger partial charge in [-0.25, -0.2) is 4.98 Å². The van der Waals surface area contributed by atoms with E-state index in [1.54, 1.807) is 6.20 Å². The van der Waals surface area contributed by atoms with Crippen molar-refractivity contribution >= 4 is 55.3 Å². The predicted molar refractivity (Wildman–Crippen MR) is 192 cm³/mol. The number of aromatic amines is 1. The maximum Gasteiger partial charge on any atom is 0.269 e. The minimum absolute atomic E-state index is 0.0154. The zero-order valence-corrected chi connectivity index (χ0v) is 30.6. The quantitative estimate of drug-likeness (QED) is 0.0243. The first-order valence-electron chi connectivity index (χ1n) is 16.5. The van der Waals surface area contributed by atoms with E-state index in [2.05, 4.69) is 83.6 Å². The molecule has 0 fully saturated rings. The first-order chi connectivity index (χ1) is 22.2. The number of rotatable bonds is 24. The van der Waals surface area contributed by atoms with Crippen LogP contribution in [0, 0.1) is 5.92 Å². The highest BCUT2D eigenvalue weighted by atomic mass is 79.9. The van der Waals surface area contributed by atoms with Crippen molar-refractivity contribution in [1.82, 2.24) is 20.6 Å². The molecule has 12 heteroatoms. The van der Waals surface area contributed by atoms with Crippen LogP contribution in [-0.4, -0.2) is 52.4 Å². The van der Waals surface area contributed by atoms with Gasteiger partial charge in [-0.1, -0.05) is 63.3 Å². The summed E-state index contributed by atoms with van der Waals surface area (Å²) in [6.07, 6.45) is 20.1. The zero-order valence-electron chi connectivity index (χ0n) is 27.4. The van der Waals surface area contributed by atoms with Crippen LogP contribution in [0.25, 0.3) is 0 Å². The zero-order chi connectivity index (χ0) is 33.6. The highest BCUT2D eigenvalue weighted by Gasteiger charge is 2.16. The van der Waals surface area contributed by atoms with Crippen LogP contribution in [0.1, 0.15) is 102 Å². The standard InChI is InChI=1S/C34H52Br2N6O4/c1-25(2)15-12-10-8-6-4-3-5-7-9-11-13-16-31(43)38-18-14-20-46-32-28(35)21-26(22-29(32)36)23-30(42-45)33(44)39-19-17-27-24-40-34(37)41-27/h4,6,21-22,24-25,45H,3,5,7-20,23H2,1-2H3,(H,38,43)(H,39,44)(H3,37,40,41)/b6-4-,42-30-. The van der Waals surface area contributed by atoms with Gasteiger partial charge in [0.2, 0.25) is 5.91 Å². The van der Waals surface area contributed by atoms with Crippen molar-refractivity contribution in [1.29, 1.82) is 0 Å². The fraction of sp³-hybridized carbons (Fsp3) is 0.588. The van der Waals surface area contributed by atoms with Gasteiger partial charge in [-0.15, -0.1) is 0 Å². The number of nitrogen functional groups attached to an aromatic ring is 1. The van der Waals surface area contributed by atoms with E-state index in [9.17, 15) is 14.8 Å². The number of hydrogen-bond acceptors (Lipinski definition) is 7. The molecule has 256 valence electrons. The normalized spacial score (nSPS) is 11.8. The number of nitrogens with two attached hydrogens (primary N) is 1. The van der Waals surface area contributed by atoms with E-state index < -0.39 is 5.91 Å². The lowest BCUT2D eigenvalue weighted by Crippen LogP contribution is -2.33. The van der Waals surface area contributed by atoms with E-state index in [0.717, 1.165) is 36.4 Å². The Morgan fingerprint density at radius 3 is 2.33 bits per heavy atom. The Labute approximate surface area is 291 Å². The molecule has 0 aliphatic carbocycles. The molecule has 0 saturated heterocycles. The Morgan fingerprint density at radius 1 is 1.00 bits per heavy atom. The van der Waals surface area contributed by atoms with Crippen LogP contribution < -0.4 is 21.1 Å². The summed E-state index contributed by atoms with van der Waals surface area (Å²) in [4.78, 5) is 31.5. The average molecular weight is 769 g/mol. The molecule has 10 nitrogen and oxygen atoms in total. The Kier molecular flexibility index (Phi) is 20.1. The molecule has 0 aliphatic heterocycles. The lowest BCUT2D eigenvalue weighted by atomic mass is 10.0. The number of unbranched alkanes of at least 4 members (excludes halogenated alkanes) is 7. The highest BCUT2D eigenvalue weighted by molar-refractivity contribution is 9.11. The maximum atomic E-state index is 12.5. The number of H-pyrrole nitrogens is 1. The lowest BCUT2D eigenvalue weighted by Gasteiger charge is -2.13. The lowest BCUT2D eigenvalue weighted by molar-refractivity contribution is -0.121. The van der Waals surface area contributed by atoms with E-state index in [0.29, 0.717) is 59.6 Å². The Morgan fingerprint density at radius 2 is 1.67 bits per heavy atom. The Bertz CT molecular complexity index is 1220. The summed E-state index contributed by atoms with van der Waals surface area (Å²) >= 11 is 7.06. The number of anilines is 1. The van der Waals surface area contributed by atoms with Crippen LogP contribution >= 0.6 is 31.9 Å². The number of carbonyl (C=O) groups excluding carboxylic acids is 2. The minimum Gasteiger partial charge on any atom is -0.491 e. The van der Waals surface area contributed by atoms with Gasteiger partial charge in [-0.2, -0.15) is 0 Å². The van der Waals surface area contributed by atoms with Crippen LogP contribution in [0.3, 0.4) is 0 Å². The van der Waals surface area contributed by atoms with E-state index in [1.165, 1.54) is 44.9 Å². The fourth-order valence-electron chi connectivity index (χ4n) is 4.81. The molecule has 2 aromatic rings. The third-order valence-corrected chi connectivity index (χ3v) is 8.55. The maximum absolute atomic E-state index is 12.5. The number of imidazole rings is 1. The number of benzene rings is 1. The molecule has 2 rings (SSSR count). The highest BCUT2D eigenvalue weighted by Crippen LogP contribution is 2.35. The largest absolute Gasteiger partial charge is 0.491 e. The number of carbonyl (C=O) groups is 2. The monoisotopic (exact) mass is 766 g/mol. The minimum atomic E-state index is -0.467. The van der Waals surface area contributed by atoms with Gasteiger partial charge in [0.25, 0.3) is 5.91 Å². The third-order valence-electron chi connectivity index (χ3n) is 7.37. The van der Waals surface area contributed by atoms with Crippen LogP contribution in [0.2, 0.25) is 0 Å². The molecule has 6 N–H and O–H groups in total. The second kappa shape index (κ2) is 23.5. The smallest absolute Gasteiger partial charge is 0.269 e. The van der Waals surface area contributed by atoms with E-state index >= 15 is 0 Å². The average Bonchev–Trinajstić information content (AvgIpc) is 3.43. The van der Waals surface area contributed by atoms with E-state index in [1.807, 2.05) is 12.1 Å². The predicted octanol–water partition coefficient (Wildman–Crippen LogP) is 7.64. The van der Waals surface area contributed by atoms with Gasteiger partial charge < -0.3 is 31.3 Å². The SMILES string of the molecule is CC(C)CCCC/C=C\CCCCCCCC(=O)NCCCOc1c(Br)cc(C/C(=N/O)C(=O)NCCc2cnc(N)[nH]2)cc1Br. The summed E-state index contributed by atoms with van der Waals surface area (Å²) in [5.74, 6) is 1.37. The third kappa shape index (κ3) is 17.2. The van der Waals surface area contributed by atoms with Crippen molar-refractivity contribution in [2.24, 2.45) is 11.1 Å². The van der Waals surface area contributed by atoms with Crippen molar-refractivity contribution in [3.05, 3.63) is 50.7 Å². The van der Waals surface area contributed by atoms with Crippen molar-refractivity contribution in [3.8, 4) is 5.75 Å². The second-order valence-corrected chi connectivity index (χ2v) is 13.6. The number of hydrogen-bond donors (Lipinski definition) is 5. The molecule has 0 bridgehead atoms. The molecule has 46 heavy (non-hydrogen) atoms. The summed E-state index contributed by atoms with van der Waals surface area (Å²) in [6.45, 7) is 5.88. The summed E-state index contributed by atoms with van der Waals surface area (Å²) in [5, 5.41) is 18.3. The molecule has 1 aromatic carbocycles. The molecule has 0 spiro atoms. The molecule has 0 atom stereocenters. The molecule has 1 aromatic heterocycles. The number of halogens is 2. The molecule has 1 heterocycles. The van der Waals surface area contributed by atoms with E-state index in [-0.39, 0.29) is 18.0 Å². The van der Waals surface area contributed by atoms with Crippen molar-refractivity contribution < 1.29 is 19.5 Å². The summed E-state index contributed by atoms with van der Waals surface area (Å²) in [5.41, 5.74) is 7.09. The van der Waals surface area contributed by atoms with Crippen LogP contribution in [0.4, 0.5) is 5.95 Å². The van der Waals surface area contributed by atoms with Gasteiger partial charge in [0.15, 0.2) is 5.95 Å². The van der Waals surface area contributed by atoms with Crippen LogP contribution in [0.5, 0.6) is 5.75 Å². The molecular weight excluding hydrogens is 716 g/mol. The number of nitrogens with zero attached hydrogens (tertiary/aromatic N) is 2. The van der Waals surface area contributed by atoms with Gasteiger partial charge in [0.1, 0.15) is 11.5 Å². The molecule has 2 amide bonds. The number of aromatic nitrogens is 2. The van der Waals surface area contributed by atoms with Gasteiger partial charge >= 0.3 is 0 Å². The fourth-order valence-corrected chi connectivity index (χ4v) is 6.32. The van der Waals surface area contributed by atoms with Gasteiger partial charge in [-0.05, 0) is 94.0 Å². The van der Waals surface area contributed by atoms with Gasteiger partial charge in [0, 0.05) is 38.0 Å². The number of ether oxygens (including phenoxy) is 1.